The second-order valence-corrected chi connectivity index (χ2v) is 17.3. The fourth-order valence-electron chi connectivity index (χ4n) is 7.19. The van der Waals surface area contributed by atoms with Crippen molar-refractivity contribution in [1.29, 1.82) is 0 Å². The molecule has 2 atom stereocenters. The Morgan fingerprint density at radius 1 is 0.544 bits per heavy atom. The summed E-state index contributed by atoms with van der Waals surface area (Å²) >= 11 is 0. The zero-order valence-electron chi connectivity index (χ0n) is 38.1. The highest BCUT2D eigenvalue weighted by Crippen LogP contribution is 2.16. The van der Waals surface area contributed by atoms with Gasteiger partial charge in [0.25, 0.3) is 0 Å². The van der Waals surface area contributed by atoms with Crippen LogP contribution in [0.4, 0.5) is 0 Å². The van der Waals surface area contributed by atoms with Gasteiger partial charge in [0.05, 0.1) is 34.4 Å². The molecule has 1 N–H and O–H groups in total. The number of ether oxygens (including phenoxy) is 3. The summed E-state index contributed by atoms with van der Waals surface area (Å²) in [6, 6.07) is -0.610. The Labute approximate surface area is 351 Å². The number of carboxylic acids is 1. The van der Waals surface area contributed by atoms with Crippen LogP contribution in [-0.2, 0) is 28.6 Å². The average Bonchev–Trinajstić information content (AvgIpc) is 3.17. The van der Waals surface area contributed by atoms with E-state index >= 15 is 0 Å². The summed E-state index contributed by atoms with van der Waals surface area (Å²) in [7, 11) is 5.54. The van der Waals surface area contributed by atoms with Crippen LogP contribution in [0.1, 0.15) is 219 Å². The third-order valence-electron chi connectivity index (χ3n) is 10.9. The number of allylic oxidation sites excluding steroid dienone is 4. The second kappa shape index (κ2) is 40.6. The molecule has 0 aromatic carbocycles. The zero-order chi connectivity index (χ0) is 42.1. The van der Waals surface area contributed by atoms with Crippen LogP contribution in [0.15, 0.2) is 24.3 Å². The van der Waals surface area contributed by atoms with E-state index in [0.717, 1.165) is 51.4 Å². The normalized spacial score (nSPS) is 13.1. The Morgan fingerprint density at radius 2 is 0.982 bits per heavy atom. The Balaban J connectivity index is 4.18. The molecule has 0 fully saturated rings. The van der Waals surface area contributed by atoms with Gasteiger partial charge < -0.3 is 23.8 Å². The van der Waals surface area contributed by atoms with Gasteiger partial charge in [0.2, 0.25) is 0 Å². The van der Waals surface area contributed by atoms with Crippen molar-refractivity contribution in [3.05, 3.63) is 24.3 Å². The molecule has 0 spiro atoms. The predicted molar refractivity (Wildman–Crippen MR) is 238 cm³/mol. The summed E-state index contributed by atoms with van der Waals surface area (Å²) in [4.78, 5) is 37.0. The fraction of sp³-hybridized carbons (Fsp3) is 0.857. The maximum absolute atomic E-state index is 12.7. The number of hydrogen-bond donors (Lipinski definition) is 1. The van der Waals surface area contributed by atoms with Crippen LogP contribution in [0.2, 0.25) is 0 Å². The van der Waals surface area contributed by atoms with Crippen LogP contribution >= 0.6 is 0 Å². The van der Waals surface area contributed by atoms with Gasteiger partial charge in [-0.2, -0.15) is 0 Å². The summed E-state index contributed by atoms with van der Waals surface area (Å²) in [6.07, 6.45) is 45.1. The van der Waals surface area contributed by atoms with Gasteiger partial charge >= 0.3 is 17.9 Å². The van der Waals surface area contributed by atoms with E-state index in [1.807, 2.05) is 21.1 Å². The minimum Gasteiger partial charge on any atom is -0.477 e. The quantitative estimate of drug-likeness (QED) is 0.0283. The molecule has 0 aliphatic heterocycles. The zero-order valence-corrected chi connectivity index (χ0v) is 38.1. The second-order valence-electron chi connectivity index (χ2n) is 17.3. The molecule has 0 saturated carbocycles. The molecule has 334 valence electrons. The van der Waals surface area contributed by atoms with E-state index in [-0.39, 0.29) is 36.2 Å². The highest BCUT2D eigenvalue weighted by Gasteiger charge is 2.31. The van der Waals surface area contributed by atoms with Crippen molar-refractivity contribution in [2.24, 2.45) is 0 Å². The first-order chi connectivity index (χ1) is 27.6. The number of esters is 2. The molecule has 0 aliphatic rings. The predicted octanol–water partition coefficient (Wildman–Crippen LogP) is 13.3. The van der Waals surface area contributed by atoms with Gasteiger partial charge in [-0.05, 0) is 38.5 Å². The summed E-state index contributed by atoms with van der Waals surface area (Å²) < 4.78 is 17.3. The summed E-state index contributed by atoms with van der Waals surface area (Å²) in [5.74, 6) is -1.45. The maximum Gasteiger partial charge on any atom is 0.362 e. The van der Waals surface area contributed by atoms with E-state index in [2.05, 4.69) is 38.2 Å². The average molecular weight is 807 g/mol. The standard InChI is InChI=1S/C49H91NO7/c1-6-8-10-12-14-16-18-20-21-22-23-24-25-26-27-28-30-31-33-35-37-39-47(51)56-44-45(43-55-42-41-46(49(53)54)50(3,4)5)57-48(52)40-38-36-34-32-29-19-17-15-13-11-9-7-2/h8,10,14,16,45-46H,6-7,9,11-13,15,17-44H2,1-5H3/p+1/b10-8+,16-14+. The lowest BCUT2D eigenvalue weighted by atomic mass is 10.0. The van der Waals surface area contributed by atoms with Crippen LogP contribution in [-0.4, -0.2) is 80.6 Å². The van der Waals surface area contributed by atoms with E-state index in [1.54, 1.807) is 0 Å². The van der Waals surface area contributed by atoms with Gasteiger partial charge in [-0.25, -0.2) is 4.79 Å². The Kier molecular flexibility index (Phi) is 39.0. The van der Waals surface area contributed by atoms with Crippen LogP contribution in [0.5, 0.6) is 0 Å². The monoisotopic (exact) mass is 807 g/mol. The number of nitrogens with zero attached hydrogens (tertiary/aromatic N) is 1. The van der Waals surface area contributed by atoms with E-state index in [9.17, 15) is 19.5 Å². The van der Waals surface area contributed by atoms with Crippen LogP contribution in [0.25, 0.3) is 0 Å². The number of carboxylic acid groups (broad SMARTS) is 1. The van der Waals surface area contributed by atoms with Gasteiger partial charge in [0.1, 0.15) is 6.61 Å². The highest BCUT2D eigenvalue weighted by atomic mass is 16.6. The highest BCUT2D eigenvalue weighted by molar-refractivity contribution is 5.72. The maximum atomic E-state index is 12.7. The Bertz CT molecular complexity index is 989. The van der Waals surface area contributed by atoms with Crippen molar-refractivity contribution < 1.29 is 38.2 Å². The van der Waals surface area contributed by atoms with Crippen molar-refractivity contribution in [2.75, 3.05) is 41.0 Å². The summed E-state index contributed by atoms with van der Waals surface area (Å²) in [6.45, 7) is 4.66. The molecule has 0 heterocycles. The molecule has 0 aliphatic carbocycles. The molecule has 57 heavy (non-hydrogen) atoms. The number of rotatable bonds is 43. The molecule has 0 radical (unpaired) electrons. The fourth-order valence-corrected chi connectivity index (χ4v) is 7.19. The number of carbonyl (C=O) groups is 3. The molecular formula is C49H92NO7+. The van der Waals surface area contributed by atoms with Gasteiger partial charge in [-0.1, -0.05) is 186 Å². The van der Waals surface area contributed by atoms with Crippen molar-refractivity contribution in [1.82, 2.24) is 0 Å². The summed E-state index contributed by atoms with van der Waals surface area (Å²) in [5.41, 5.74) is 0. The van der Waals surface area contributed by atoms with Crippen molar-refractivity contribution in [3.63, 3.8) is 0 Å². The number of hydrogen-bond acceptors (Lipinski definition) is 6. The number of aliphatic carboxylic acids is 1. The third kappa shape index (κ3) is 39.1. The first-order valence-electron chi connectivity index (χ1n) is 23.9. The van der Waals surface area contributed by atoms with Crippen molar-refractivity contribution in [3.8, 4) is 0 Å². The lowest BCUT2D eigenvalue weighted by Crippen LogP contribution is -2.50. The first kappa shape index (κ1) is 54.8. The van der Waals surface area contributed by atoms with Crippen LogP contribution in [0.3, 0.4) is 0 Å². The lowest BCUT2D eigenvalue weighted by molar-refractivity contribution is -0.887. The minimum absolute atomic E-state index is 0.0459. The van der Waals surface area contributed by atoms with E-state index in [4.69, 9.17) is 14.2 Å². The molecule has 0 aromatic heterocycles. The molecule has 0 amide bonds. The molecule has 2 unspecified atom stereocenters. The largest absolute Gasteiger partial charge is 0.477 e. The van der Waals surface area contributed by atoms with Gasteiger partial charge in [0, 0.05) is 19.3 Å². The topological polar surface area (TPSA) is 99.1 Å². The van der Waals surface area contributed by atoms with E-state index < -0.39 is 18.1 Å². The van der Waals surface area contributed by atoms with Crippen LogP contribution < -0.4 is 0 Å². The Hall–Kier alpha value is -2.19. The van der Waals surface area contributed by atoms with Gasteiger partial charge in [-0.15, -0.1) is 0 Å². The third-order valence-corrected chi connectivity index (χ3v) is 10.9. The van der Waals surface area contributed by atoms with Crippen molar-refractivity contribution >= 4 is 17.9 Å². The molecule has 8 nitrogen and oxygen atoms in total. The number of likely N-dealkylation sites (N-methyl/N-ethyl adjacent to an activating group) is 1. The molecule has 8 heteroatoms. The molecule has 0 rings (SSSR count). The molecule has 0 saturated heterocycles. The molecular weight excluding hydrogens is 715 g/mol. The number of quaternary nitrogens is 1. The van der Waals surface area contributed by atoms with Gasteiger partial charge in [-0.3, -0.25) is 9.59 Å². The minimum atomic E-state index is -0.872. The molecule has 0 aromatic rings. The number of carbonyl (C=O) groups excluding carboxylic acids is 2. The molecule has 0 bridgehead atoms. The van der Waals surface area contributed by atoms with Crippen molar-refractivity contribution in [2.45, 2.75) is 231 Å². The number of unbranched alkanes of at least 4 members (excludes halogenated alkanes) is 25. The van der Waals surface area contributed by atoms with Crippen LogP contribution in [0, 0.1) is 0 Å². The smallest absolute Gasteiger partial charge is 0.362 e. The van der Waals surface area contributed by atoms with Gasteiger partial charge in [0.15, 0.2) is 12.1 Å². The lowest BCUT2D eigenvalue weighted by Gasteiger charge is -2.31. The van der Waals surface area contributed by atoms with E-state index in [0.29, 0.717) is 19.3 Å². The Morgan fingerprint density at radius 3 is 1.44 bits per heavy atom. The SMILES string of the molecule is CC/C=C/C/C=C/CCCCCCCCCCCCCCCCC(=O)OCC(COCCC(C(=O)O)[N+](C)(C)C)OC(=O)CCCCCCCCCCCCCC. The van der Waals surface area contributed by atoms with E-state index in [1.165, 1.54) is 135 Å². The first-order valence-corrected chi connectivity index (χ1v) is 23.9. The summed E-state index contributed by atoms with van der Waals surface area (Å²) in [5, 5.41) is 9.62.